The van der Waals surface area contributed by atoms with Gasteiger partial charge in [0.15, 0.2) is 0 Å². The van der Waals surface area contributed by atoms with Gasteiger partial charge in [0.05, 0.1) is 18.8 Å². The smallest absolute Gasteiger partial charge is 0.311 e. The highest BCUT2D eigenvalue weighted by atomic mass is 16.5. The lowest BCUT2D eigenvalue weighted by Gasteiger charge is -2.30. The first-order valence-corrected chi connectivity index (χ1v) is 12.4. The zero-order chi connectivity index (χ0) is 24.0. The van der Waals surface area contributed by atoms with E-state index in [2.05, 4.69) is 43.4 Å². The Morgan fingerprint density at radius 2 is 1.91 bits per heavy atom. The Kier molecular flexibility index (Phi) is 6.17. The van der Waals surface area contributed by atoms with Crippen molar-refractivity contribution >= 4 is 5.97 Å². The van der Waals surface area contributed by atoms with Crippen LogP contribution < -0.4 is 10.1 Å². The lowest BCUT2D eigenvalue weighted by Crippen LogP contribution is -2.45. The summed E-state index contributed by atoms with van der Waals surface area (Å²) >= 11 is 0. The van der Waals surface area contributed by atoms with Crippen molar-refractivity contribution in [1.29, 1.82) is 0 Å². The number of fused-ring (bicyclic) bond motifs is 4. The fraction of sp³-hybridized carbons (Fsp3) is 0.536. The van der Waals surface area contributed by atoms with Gasteiger partial charge in [0.1, 0.15) is 17.8 Å². The number of ether oxygens (including phenoxy) is 2. The first-order chi connectivity index (χ1) is 16.2. The molecule has 182 valence electrons. The van der Waals surface area contributed by atoms with Crippen LogP contribution in [0, 0.1) is 11.8 Å². The van der Waals surface area contributed by atoms with Crippen molar-refractivity contribution < 1.29 is 24.5 Å². The van der Waals surface area contributed by atoms with E-state index in [9.17, 15) is 15.0 Å². The number of aliphatic hydroxyl groups is 1. The minimum absolute atomic E-state index is 0.0515. The van der Waals surface area contributed by atoms with Gasteiger partial charge in [-0.25, -0.2) is 0 Å². The molecule has 5 rings (SSSR count). The molecule has 2 aromatic carbocycles. The van der Waals surface area contributed by atoms with Crippen LogP contribution in [0.2, 0.25) is 0 Å². The molecule has 6 nitrogen and oxygen atoms in total. The molecule has 34 heavy (non-hydrogen) atoms. The summed E-state index contributed by atoms with van der Waals surface area (Å²) in [7, 11) is 0. The molecule has 1 saturated carbocycles. The first-order valence-electron chi connectivity index (χ1n) is 12.4. The van der Waals surface area contributed by atoms with Gasteiger partial charge in [0, 0.05) is 23.6 Å². The third-order valence-electron chi connectivity index (χ3n) is 7.65. The second kappa shape index (κ2) is 8.99. The normalized spacial score (nSPS) is 24.6. The number of β-amino-alcohol motifs (C(OH)–C–C–N with tert-alkyl or cyclic N) is 1. The van der Waals surface area contributed by atoms with Gasteiger partial charge in [-0.15, -0.1) is 0 Å². The molecule has 0 spiro atoms. The summed E-state index contributed by atoms with van der Waals surface area (Å²) in [5, 5.41) is 23.4. The highest BCUT2D eigenvalue weighted by molar-refractivity contribution is 5.79. The summed E-state index contributed by atoms with van der Waals surface area (Å²) in [6.45, 7) is 7.07. The maximum Gasteiger partial charge on any atom is 0.311 e. The van der Waals surface area contributed by atoms with Crippen molar-refractivity contribution in [3.05, 3.63) is 64.7 Å². The monoisotopic (exact) mass is 465 g/mol. The molecule has 5 atom stereocenters. The van der Waals surface area contributed by atoms with E-state index in [-0.39, 0.29) is 30.3 Å². The summed E-state index contributed by atoms with van der Waals surface area (Å²) in [4.78, 5) is 11.3. The van der Waals surface area contributed by atoms with E-state index < -0.39 is 18.0 Å². The second-order valence-corrected chi connectivity index (χ2v) is 10.9. The van der Waals surface area contributed by atoms with Gasteiger partial charge >= 0.3 is 5.97 Å². The zero-order valence-electron chi connectivity index (χ0n) is 20.2. The van der Waals surface area contributed by atoms with Crippen molar-refractivity contribution in [2.45, 2.75) is 69.8 Å². The Morgan fingerprint density at radius 1 is 1.21 bits per heavy atom. The van der Waals surface area contributed by atoms with Crippen LogP contribution in [0.4, 0.5) is 0 Å². The molecule has 0 bridgehead atoms. The van der Waals surface area contributed by atoms with Crippen molar-refractivity contribution in [2.24, 2.45) is 11.8 Å². The van der Waals surface area contributed by atoms with Crippen molar-refractivity contribution in [3.8, 4) is 5.75 Å². The number of aliphatic carboxylic acids is 1. The van der Waals surface area contributed by atoms with Crippen molar-refractivity contribution in [1.82, 2.24) is 5.32 Å². The molecule has 1 fully saturated rings. The first kappa shape index (κ1) is 23.3. The molecular formula is C28H35NO5. The quantitative estimate of drug-likeness (QED) is 0.494. The number of hydrogen-bond acceptors (Lipinski definition) is 5. The van der Waals surface area contributed by atoms with E-state index in [0.29, 0.717) is 12.5 Å². The van der Waals surface area contributed by atoms with E-state index in [1.165, 1.54) is 11.1 Å². The number of benzene rings is 2. The van der Waals surface area contributed by atoms with Crippen molar-refractivity contribution in [2.75, 3.05) is 13.2 Å². The molecule has 1 heterocycles. The molecule has 5 unspecified atom stereocenters. The number of carboxylic acids is 1. The van der Waals surface area contributed by atoms with Crippen LogP contribution in [0.1, 0.15) is 61.5 Å². The lowest BCUT2D eigenvalue weighted by atomic mass is 9.88. The number of nitrogens with one attached hydrogen (secondary N) is 1. The average Bonchev–Trinajstić information content (AvgIpc) is 3.17. The Hall–Kier alpha value is -2.41. The molecule has 3 N–H and O–H groups in total. The Balaban J connectivity index is 1.07. The molecule has 6 heteroatoms. The minimum atomic E-state index is -0.800. The highest BCUT2D eigenvalue weighted by Gasteiger charge is 2.63. The van der Waals surface area contributed by atoms with Gasteiger partial charge in [0.2, 0.25) is 0 Å². The van der Waals surface area contributed by atoms with Crippen molar-refractivity contribution in [3.63, 3.8) is 0 Å². The highest BCUT2D eigenvalue weighted by Crippen LogP contribution is 2.58. The molecular weight excluding hydrogens is 430 g/mol. The molecule has 0 saturated heterocycles. The van der Waals surface area contributed by atoms with E-state index in [0.717, 1.165) is 36.1 Å². The van der Waals surface area contributed by atoms with Gasteiger partial charge in [-0.1, -0.05) is 30.3 Å². The topological polar surface area (TPSA) is 88.0 Å². The van der Waals surface area contributed by atoms with Crippen LogP contribution in [0.25, 0.3) is 0 Å². The van der Waals surface area contributed by atoms with Gasteiger partial charge in [-0.05, 0) is 74.8 Å². The fourth-order valence-electron chi connectivity index (χ4n) is 5.82. The van der Waals surface area contributed by atoms with E-state index in [1.54, 1.807) is 0 Å². The third kappa shape index (κ3) is 4.72. The standard InChI is InChI=1S/C28H35NO5/c1-16(18-8-9-23-22(12-18)24-25(27(31)32)26(24)34-23)33-15-21(30)14-29-28(2,3)13-17-10-19-6-4-5-7-20(19)11-17/h4-9,12,16-17,21,24-26,29-30H,10-11,13-15H2,1-3H3,(H,31,32). The summed E-state index contributed by atoms with van der Waals surface area (Å²) in [5.74, 6) is 0.119. The summed E-state index contributed by atoms with van der Waals surface area (Å²) in [6, 6.07) is 14.6. The number of aliphatic hydroxyl groups excluding tert-OH is 1. The SMILES string of the molecule is CC(OCC(O)CNC(C)(C)CC1Cc2ccccc2C1)c1ccc2c(c1)C1C(O2)C1C(=O)O. The van der Waals surface area contributed by atoms with Gasteiger partial charge in [0.25, 0.3) is 0 Å². The molecule has 0 aromatic heterocycles. The fourth-order valence-corrected chi connectivity index (χ4v) is 5.82. The van der Waals surface area contributed by atoms with Crippen LogP contribution in [-0.2, 0) is 22.4 Å². The largest absolute Gasteiger partial charge is 0.489 e. The van der Waals surface area contributed by atoms with Crippen LogP contribution in [0.15, 0.2) is 42.5 Å². The van der Waals surface area contributed by atoms with Crippen LogP contribution in [0.5, 0.6) is 5.75 Å². The molecule has 1 aliphatic heterocycles. The minimum Gasteiger partial charge on any atom is -0.489 e. The van der Waals surface area contributed by atoms with Crippen LogP contribution >= 0.6 is 0 Å². The number of hydrogen-bond donors (Lipinski definition) is 3. The van der Waals surface area contributed by atoms with Crippen LogP contribution in [0.3, 0.4) is 0 Å². The number of carboxylic acid groups (broad SMARTS) is 1. The molecule has 3 aliphatic rings. The molecule has 2 aromatic rings. The third-order valence-corrected chi connectivity index (χ3v) is 7.65. The van der Waals surface area contributed by atoms with Gasteiger partial charge in [-0.2, -0.15) is 0 Å². The number of carbonyl (C=O) groups is 1. The van der Waals surface area contributed by atoms with Gasteiger partial charge in [-0.3, -0.25) is 4.79 Å². The summed E-state index contributed by atoms with van der Waals surface area (Å²) in [6.07, 6.45) is 2.28. The van der Waals surface area contributed by atoms with Crippen LogP contribution in [-0.4, -0.2) is 47.1 Å². The molecule has 0 radical (unpaired) electrons. The maximum absolute atomic E-state index is 11.3. The Morgan fingerprint density at radius 3 is 2.59 bits per heavy atom. The molecule has 2 aliphatic carbocycles. The second-order valence-electron chi connectivity index (χ2n) is 10.9. The Bertz CT molecular complexity index is 1040. The maximum atomic E-state index is 11.3. The van der Waals surface area contributed by atoms with E-state index >= 15 is 0 Å². The molecule has 0 amide bonds. The predicted octanol–water partition coefficient (Wildman–Crippen LogP) is 3.86. The van der Waals surface area contributed by atoms with Gasteiger partial charge < -0.3 is 25.0 Å². The lowest BCUT2D eigenvalue weighted by molar-refractivity contribution is -0.139. The summed E-state index contributed by atoms with van der Waals surface area (Å²) in [5.41, 5.74) is 4.81. The Labute approximate surface area is 201 Å². The number of rotatable bonds is 10. The average molecular weight is 466 g/mol. The summed E-state index contributed by atoms with van der Waals surface area (Å²) < 4.78 is 11.7. The zero-order valence-corrected chi connectivity index (χ0v) is 20.2. The van der Waals surface area contributed by atoms with E-state index in [4.69, 9.17) is 9.47 Å². The predicted molar refractivity (Wildman–Crippen MR) is 129 cm³/mol. The van der Waals surface area contributed by atoms with E-state index in [1.807, 2.05) is 25.1 Å².